The molecule has 6 nitrogen and oxygen atoms in total. The van der Waals surface area contributed by atoms with Crippen LogP contribution < -0.4 is 0 Å². The second kappa shape index (κ2) is 5.72. The monoisotopic (exact) mass is 320 g/mol. The van der Waals surface area contributed by atoms with Gasteiger partial charge in [0.25, 0.3) is 0 Å². The van der Waals surface area contributed by atoms with Crippen molar-refractivity contribution in [3.63, 3.8) is 0 Å². The normalized spacial score (nSPS) is 28.9. The molecule has 0 amide bonds. The third kappa shape index (κ3) is 2.80. The third-order valence-electron chi connectivity index (χ3n) is 4.52. The van der Waals surface area contributed by atoms with Crippen LogP contribution in [0.3, 0.4) is 0 Å². The maximum Gasteiger partial charge on any atom is 0.223 e. The number of hydrogen-bond donors (Lipinski definition) is 0. The smallest absolute Gasteiger partial charge is 0.223 e. The Morgan fingerprint density at radius 3 is 3.00 bits per heavy atom. The molecular formula is C15H20N4O2S. The first-order valence-electron chi connectivity index (χ1n) is 7.76. The van der Waals surface area contributed by atoms with E-state index in [1.165, 1.54) is 12.1 Å². The predicted octanol–water partition coefficient (Wildman–Crippen LogP) is 2.50. The number of piperidine rings is 1. The van der Waals surface area contributed by atoms with Gasteiger partial charge in [0.1, 0.15) is 6.10 Å². The van der Waals surface area contributed by atoms with Gasteiger partial charge in [-0.2, -0.15) is 4.98 Å². The Kier molecular flexibility index (Phi) is 3.71. The van der Waals surface area contributed by atoms with Gasteiger partial charge in [0, 0.05) is 25.4 Å². The Labute approximate surface area is 133 Å². The van der Waals surface area contributed by atoms with Crippen LogP contribution in [0, 0.1) is 19.8 Å². The third-order valence-corrected chi connectivity index (χ3v) is 5.34. The molecule has 2 aliphatic heterocycles. The van der Waals surface area contributed by atoms with Crippen molar-refractivity contribution in [2.24, 2.45) is 5.92 Å². The van der Waals surface area contributed by atoms with E-state index in [2.05, 4.69) is 32.3 Å². The molecule has 2 aromatic heterocycles. The molecule has 0 N–H and O–H groups in total. The van der Waals surface area contributed by atoms with Crippen molar-refractivity contribution in [2.45, 2.75) is 45.4 Å². The van der Waals surface area contributed by atoms with E-state index < -0.39 is 0 Å². The van der Waals surface area contributed by atoms with Gasteiger partial charge in [0.15, 0.2) is 0 Å². The number of ether oxygens (including phenoxy) is 1. The molecule has 4 rings (SSSR count). The maximum absolute atomic E-state index is 6.19. The highest BCUT2D eigenvalue weighted by atomic mass is 32.1. The fraction of sp³-hybridized carbons (Fsp3) is 0.667. The first-order valence-corrected chi connectivity index (χ1v) is 8.64. The lowest BCUT2D eigenvalue weighted by atomic mass is 9.91. The zero-order valence-electron chi connectivity index (χ0n) is 12.9. The summed E-state index contributed by atoms with van der Waals surface area (Å²) < 4.78 is 11.3. The minimum atomic E-state index is -0.00563. The van der Waals surface area contributed by atoms with Gasteiger partial charge in [-0.25, -0.2) is 4.98 Å². The predicted molar refractivity (Wildman–Crippen MR) is 81.5 cm³/mol. The molecule has 2 fully saturated rings. The average molecular weight is 320 g/mol. The number of aromatic nitrogens is 3. The van der Waals surface area contributed by atoms with E-state index in [4.69, 9.17) is 9.26 Å². The Balaban J connectivity index is 1.39. The molecule has 0 saturated carbocycles. The minimum Gasteiger partial charge on any atom is -0.365 e. The number of fused-ring (bicyclic) bond motifs is 1. The van der Waals surface area contributed by atoms with Crippen LogP contribution >= 0.6 is 11.3 Å². The first kappa shape index (κ1) is 14.3. The van der Waals surface area contributed by atoms with E-state index in [1.807, 2.05) is 6.92 Å². The molecule has 0 unspecified atom stereocenters. The number of rotatable bonds is 3. The van der Waals surface area contributed by atoms with E-state index in [9.17, 15) is 0 Å². The van der Waals surface area contributed by atoms with Crippen molar-refractivity contribution in [2.75, 3.05) is 13.1 Å². The highest BCUT2D eigenvalue weighted by molar-refractivity contribution is 7.09. The maximum atomic E-state index is 6.19. The number of thiazole rings is 1. The van der Waals surface area contributed by atoms with Crippen molar-refractivity contribution in [1.82, 2.24) is 20.0 Å². The average Bonchev–Trinajstić information content (AvgIpc) is 3.18. The Hall–Kier alpha value is -1.31. The second-order valence-corrected chi connectivity index (χ2v) is 7.27. The number of likely N-dealkylation sites (tertiary alicyclic amines) is 1. The van der Waals surface area contributed by atoms with E-state index in [1.54, 1.807) is 11.3 Å². The zero-order valence-corrected chi connectivity index (χ0v) is 13.7. The lowest BCUT2D eigenvalue weighted by Gasteiger charge is -2.33. The number of hydrogen-bond acceptors (Lipinski definition) is 7. The fourth-order valence-corrected chi connectivity index (χ4v) is 4.06. The van der Waals surface area contributed by atoms with Crippen LogP contribution in [0.5, 0.6) is 0 Å². The molecule has 0 spiro atoms. The molecular weight excluding hydrogens is 300 g/mol. The quantitative estimate of drug-likeness (QED) is 0.866. The van der Waals surface area contributed by atoms with Crippen molar-refractivity contribution in [3.8, 4) is 0 Å². The first-order chi connectivity index (χ1) is 10.7. The van der Waals surface area contributed by atoms with E-state index in [-0.39, 0.29) is 12.2 Å². The molecule has 2 saturated heterocycles. The highest BCUT2D eigenvalue weighted by Gasteiger charge is 2.41. The summed E-state index contributed by atoms with van der Waals surface area (Å²) in [6.45, 7) is 6.87. The van der Waals surface area contributed by atoms with E-state index >= 15 is 0 Å². The Bertz CT molecular complexity index is 656. The Morgan fingerprint density at radius 2 is 2.27 bits per heavy atom. The van der Waals surface area contributed by atoms with E-state index in [0.29, 0.717) is 17.6 Å². The van der Waals surface area contributed by atoms with Crippen LogP contribution in [0.2, 0.25) is 0 Å². The summed E-state index contributed by atoms with van der Waals surface area (Å²) >= 11 is 1.72. The van der Waals surface area contributed by atoms with Crippen molar-refractivity contribution < 1.29 is 9.26 Å². The zero-order chi connectivity index (χ0) is 15.1. The molecule has 2 aliphatic rings. The molecule has 7 heteroatoms. The van der Waals surface area contributed by atoms with Crippen LogP contribution in [-0.2, 0) is 11.3 Å². The summed E-state index contributed by atoms with van der Waals surface area (Å²) in [5, 5.41) is 7.30. The van der Waals surface area contributed by atoms with Crippen LogP contribution in [0.1, 0.15) is 41.4 Å². The number of aryl methyl sites for hydroxylation is 2. The topological polar surface area (TPSA) is 64.3 Å². The molecule has 2 aromatic rings. The summed E-state index contributed by atoms with van der Waals surface area (Å²) in [7, 11) is 0. The molecule has 0 bridgehead atoms. The number of nitrogens with zero attached hydrogens (tertiary/aromatic N) is 4. The Morgan fingerprint density at radius 1 is 1.36 bits per heavy atom. The summed E-state index contributed by atoms with van der Waals surface area (Å²) in [6.07, 6.45) is 2.44. The minimum absolute atomic E-state index is 0.00563. The van der Waals surface area contributed by atoms with Gasteiger partial charge in [-0.15, -0.1) is 11.3 Å². The molecule has 4 heterocycles. The molecule has 0 radical (unpaired) electrons. The summed E-state index contributed by atoms with van der Waals surface area (Å²) in [5.41, 5.74) is 1.17. The van der Waals surface area contributed by atoms with Crippen LogP contribution in [0.25, 0.3) is 0 Å². The summed E-state index contributed by atoms with van der Waals surface area (Å²) in [4.78, 5) is 11.3. The van der Waals surface area contributed by atoms with Gasteiger partial charge < -0.3 is 9.26 Å². The standard InChI is InChI=1S/C15H20N4O2S/c1-9-16-15(18-21-9)13-5-11-3-4-19(7-14(11)20-13)6-12-8-22-10(2)17-12/h8,11,13-14H,3-7H2,1-2H3/t11-,13+,14+/m0/s1. The van der Waals surface area contributed by atoms with Crippen molar-refractivity contribution in [3.05, 3.63) is 27.8 Å². The van der Waals surface area contributed by atoms with Gasteiger partial charge in [-0.05, 0) is 32.2 Å². The van der Waals surface area contributed by atoms with Crippen LogP contribution in [-0.4, -0.2) is 39.2 Å². The van der Waals surface area contributed by atoms with Crippen molar-refractivity contribution >= 4 is 11.3 Å². The van der Waals surface area contributed by atoms with Crippen LogP contribution in [0.15, 0.2) is 9.90 Å². The lowest BCUT2D eigenvalue weighted by molar-refractivity contribution is -0.0128. The van der Waals surface area contributed by atoms with Gasteiger partial charge in [-0.3, -0.25) is 4.90 Å². The second-order valence-electron chi connectivity index (χ2n) is 6.21. The van der Waals surface area contributed by atoms with Gasteiger partial charge in [-0.1, -0.05) is 5.16 Å². The fourth-order valence-electron chi connectivity index (χ4n) is 3.46. The van der Waals surface area contributed by atoms with Gasteiger partial charge >= 0.3 is 0 Å². The van der Waals surface area contributed by atoms with E-state index in [0.717, 1.165) is 31.1 Å². The largest absolute Gasteiger partial charge is 0.365 e. The summed E-state index contributed by atoms with van der Waals surface area (Å²) in [5.74, 6) is 1.92. The lowest BCUT2D eigenvalue weighted by Crippen LogP contribution is -2.41. The van der Waals surface area contributed by atoms with Gasteiger partial charge in [0.2, 0.25) is 11.7 Å². The van der Waals surface area contributed by atoms with Gasteiger partial charge in [0.05, 0.1) is 16.8 Å². The molecule has 118 valence electrons. The SMILES string of the molecule is Cc1nc([C@H]2C[C@@H]3CCN(Cc4csc(C)n4)C[C@H]3O2)no1. The highest BCUT2D eigenvalue weighted by Crippen LogP contribution is 2.40. The molecule has 3 atom stereocenters. The van der Waals surface area contributed by atoms with Crippen LogP contribution in [0.4, 0.5) is 0 Å². The summed E-state index contributed by atoms with van der Waals surface area (Å²) in [6, 6.07) is 0. The molecule has 22 heavy (non-hydrogen) atoms. The molecule has 0 aromatic carbocycles. The van der Waals surface area contributed by atoms with Crippen molar-refractivity contribution in [1.29, 1.82) is 0 Å². The molecule has 0 aliphatic carbocycles.